The van der Waals surface area contributed by atoms with Crippen LogP contribution in [-0.2, 0) is 9.53 Å². The number of nitrogens with one attached hydrogen (secondary N) is 1. The Morgan fingerprint density at radius 2 is 2.35 bits per heavy atom. The second-order valence-electron chi connectivity index (χ2n) is 4.31. The Morgan fingerprint density at radius 1 is 1.50 bits per heavy atom. The number of methoxy groups -OCH3 is 1. The molecule has 1 amide bonds. The van der Waals surface area contributed by atoms with Crippen molar-refractivity contribution in [1.29, 1.82) is 0 Å². The zero-order valence-electron chi connectivity index (χ0n) is 11.5. The van der Waals surface area contributed by atoms with Crippen molar-refractivity contribution in [2.24, 2.45) is 0 Å². The number of rotatable bonds is 6. The summed E-state index contributed by atoms with van der Waals surface area (Å²) in [5.41, 5.74) is 0.859. The smallest absolute Gasteiger partial charge is 0.244 e. The quantitative estimate of drug-likeness (QED) is 0.832. The number of furan rings is 1. The van der Waals surface area contributed by atoms with E-state index < -0.39 is 0 Å². The molecule has 0 unspecified atom stereocenters. The molecule has 0 saturated heterocycles. The van der Waals surface area contributed by atoms with E-state index in [1.165, 1.54) is 11.0 Å². The van der Waals surface area contributed by atoms with Gasteiger partial charge in [-0.3, -0.25) is 4.79 Å². The fraction of sp³-hybridized carbons (Fsp3) is 0.267. The third kappa shape index (κ3) is 4.08. The first-order valence-corrected chi connectivity index (χ1v) is 7.08. The van der Waals surface area contributed by atoms with Crippen molar-refractivity contribution in [2.75, 3.05) is 13.7 Å². The SMILES string of the molecule is CO[C@@H](CNC(=O)/C=C/c1ccoc1)c1ccc(C)s1. The highest BCUT2D eigenvalue weighted by atomic mass is 32.1. The van der Waals surface area contributed by atoms with E-state index in [2.05, 4.69) is 5.32 Å². The minimum Gasteiger partial charge on any atom is -0.472 e. The van der Waals surface area contributed by atoms with Crippen molar-refractivity contribution in [3.8, 4) is 0 Å². The molecule has 0 aromatic carbocycles. The van der Waals surface area contributed by atoms with E-state index in [0.29, 0.717) is 6.54 Å². The van der Waals surface area contributed by atoms with Gasteiger partial charge in [0.1, 0.15) is 6.10 Å². The number of hydrogen-bond acceptors (Lipinski definition) is 4. The molecule has 2 rings (SSSR count). The standard InChI is InChI=1S/C15H17NO3S/c1-11-3-5-14(20-11)13(18-2)9-16-15(17)6-4-12-7-8-19-10-12/h3-8,10,13H,9H2,1-2H3,(H,16,17)/b6-4+/t13-/m0/s1. The molecule has 0 saturated carbocycles. The first-order valence-electron chi connectivity index (χ1n) is 6.26. The normalized spacial score (nSPS) is 12.7. The number of carbonyl (C=O) groups is 1. The van der Waals surface area contributed by atoms with E-state index in [1.807, 2.05) is 19.1 Å². The van der Waals surface area contributed by atoms with Gasteiger partial charge in [-0.1, -0.05) is 0 Å². The van der Waals surface area contributed by atoms with Crippen LogP contribution in [0.15, 0.2) is 41.2 Å². The maximum absolute atomic E-state index is 11.7. The highest BCUT2D eigenvalue weighted by molar-refractivity contribution is 7.12. The van der Waals surface area contributed by atoms with Gasteiger partial charge in [0.05, 0.1) is 12.5 Å². The van der Waals surface area contributed by atoms with Crippen LogP contribution in [0.4, 0.5) is 0 Å². The molecule has 2 aromatic rings. The van der Waals surface area contributed by atoms with E-state index >= 15 is 0 Å². The fourth-order valence-electron chi connectivity index (χ4n) is 1.72. The molecule has 0 radical (unpaired) electrons. The number of hydrogen-bond donors (Lipinski definition) is 1. The summed E-state index contributed by atoms with van der Waals surface area (Å²) in [6, 6.07) is 5.87. The Labute approximate surface area is 122 Å². The Morgan fingerprint density at radius 3 is 2.95 bits per heavy atom. The lowest BCUT2D eigenvalue weighted by molar-refractivity contribution is -0.117. The lowest BCUT2D eigenvalue weighted by Gasteiger charge is -2.13. The molecule has 0 aliphatic rings. The summed E-state index contributed by atoms with van der Waals surface area (Å²) >= 11 is 1.68. The first kappa shape index (κ1) is 14.6. The van der Waals surface area contributed by atoms with Crippen LogP contribution in [0.5, 0.6) is 0 Å². The minimum atomic E-state index is -0.151. The Kier molecular flexibility index (Phi) is 5.15. The monoisotopic (exact) mass is 291 g/mol. The van der Waals surface area contributed by atoms with Gasteiger partial charge in [0, 0.05) is 35.0 Å². The summed E-state index contributed by atoms with van der Waals surface area (Å²) in [6.07, 6.45) is 6.22. The second-order valence-corrected chi connectivity index (χ2v) is 5.63. The van der Waals surface area contributed by atoms with Gasteiger partial charge in [0.2, 0.25) is 5.91 Å². The predicted molar refractivity (Wildman–Crippen MR) is 79.6 cm³/mol. The van der Waals surface area contributed by atoms with Crippen molar-refractivity contribution >= 4 is 23.3 Å². The zero-order chi connectivity index (χ0) is 14.4. The summed E-state index contributed by atoms with van der Waals surface area (Å²) in [5, 5.41) is 2.83. The van der Waals surface area contributed by atoms with Crippen molar-refractivity contribution < 1.29 is 13.9 Å². The molecule has 1 atom stereocenters. The van der Waals surface area contributed by atoms with E-state index in [0.717, 1.165) is 10.4 Å². The van der Waals surface area contributed by atoms with Crippen LogP contribution in [0, 0.1) is 6.92 Å². The van der Waals surface area contributed by atoms with Gasteiger partial charge in [-0.2, -0.15) is 0 Å². The van der Waals surface area contributed by atoms with E-state index in [-0.39, 0.29) is 12.0 Å². The van der Waals surface area contributed by atoms with Gasteiger partial charge >= 0.3 is 0 Å². The summed E-state index contributed by atoms with van der Waals surface area (Å²) < 4.78 is 10.3. The number of aryl methyl sites for hydroxylation is 1. The van der Waals surface area contributed by atoms with Crippen LogP contribution in [0.25, 0.3) is 6.08 Å². The summed E-state index contributed by atoms with van der Waals surface area (Å²) in [4.78, 5) is 14.1. The van der Waals surface area contributed by atoms with Crippen LogP contribution < -0.4 is 5.32 Å². The molecule has 20 heavy (non-hydrogen) atoms. The average molecular weight is 291 g/mol. The van der Waals surface area contributed by atoms with E-state index in [4.69, 9.17) is 9.15 Å². The molecule has 0 fully saturated rings. The largest absolute Gasteiger partial charge is 0.472 e. The molecule has 4 nitrogen and oxygen atoms in total. The molecule has 2 aromatic heterocycles. The number of ether oxygens (including phenoxy) is 1. The molecular formula is C15H17NO3S. The number of thiophene rings is 1. The summed E-state index contributed by atoms with van der Waals surface area (Å²) in [6.45, 7) is 2.50. The maximum Gasteiger partial charge on any atom is 0.244 e. The van der Waals surface area contributed by atoms with Crippen molar-refractivity contribution in [3.63, 3.8) is 0 Å². The van der Waals surface area contributed by atoms with Crippen molar-refractivity contribution in [3.05, 3.63) is 52.1 Å². The van der Waals surface area contributed by atoms with Crippen LogP contribution in [0.1, 0.15) is 21.4 Å². The van der Waals surface area contributed by atoms with Crippen LogP contribution in [0.2, 0.25) is 0 Å². The number of amides is 1. The third-order valence-corrected chi connectivity index (χ3v) is 3.89. The Hall–Kier alpha value is -1.85. The topological polar surface area (TPSA) is 51.5 Å². The maximum atomic E-state index is 11.7. The first-order chi connectivity index (χ1) is 9.69. The van der Waals surface area contributed by atoms with Crippen LogP contribution in [-0.4, -0.2) is 19.6 Å². The Bertz CT molecular complexity index is 572. The highest BCUT2D eigenvalue weighted by Gasteiger charge is 2.13. The molecule has 1 N–H and O–H groups in total. The number of carbonyl (C=O) groups excluding carboxylic acids is 1. The van der Waals surface area contributed by atoms with Gasteiger partial charge < -0.3 is 14.5 Å². The molecule has 0 aliphatic heterocycles. The second kappa shape index (κ2) is 7.07. The molecule has 0 spiro atoms. The molecule has 0 bridgehead atoms. The Balaban J connectivity index is 1.85. The molecule has 0 aliphatic carbocycles. The predicted octanol–water partition coefficient (Wildman–Crippen LogP) is 3.17. The zero-order valence-corrected chi connectivity index (χ0v) is 12.3. The lowest BCUT2D eigenvalue weighted by Crippen LogP contribution is -2.27. The fourth-order valence-corrected chi connectivity index (χ4v) is 2.68. The van der Waals surface area contributed by atoms with Gasteiger partial charge in [0.25, 0.3) is 0 Å². The molecular weight excluding hydrogens is 274 g/mol. The van der Waals surface area contributed by atoms with E-state index in [1.54, 1.807) is 43.1 Å². The van der Waals surface area contributed by atoms with Crippen molar-refractivity contribution in [2.45, 2.75) is 13.0 Å². The molecule has 5 heteroatoms. The van der Waals surface area contributed by atoms with Gasteiger partial charge in [-0.05, 0) is 31.2 Å². The third-order valence-electron chi connectivity index (χ3n) is 2.80. The molecule has 106 valence electrons. The lowest BCUT2D eigenvalue weighted by atomic mass is 10.2. The van der Waals surface area contributed by atoms with Crippen LogP contribution in [0.3, 0.4) is 0 Å². The minimum absolute atomic E-state index is 0.111. The summed E-state index contributed by atoms with van der Waals surface area (Å²) in [7, 11) is 1.65. The van der Waals surface area contributed by atoms with Gasteiger partial charge in [0.15, 0.2) is 0 Å². The van der Waals surface area contributed by atoms with Gasteiger partial charge in [-0.15, -0.1) is 11.3 Å². The van der Waals surface area contributed by atoms with Crippen LogP contribution >= 0.6 is 11.3 Å². The van der Waals surface area contributed by atoms with E-state index in [9.17, 15) is 4.79 Å². The van der Waals surface area contributed by atoms with Gasteiger partial charge in [-0.25, -0.2) is 0 Å². The highest BCUT2D eigenvalue weighted by Crippen LogP contribution is 2.24. The van der Waals surface area contributed by atoms with Crippen molar-refractivity contribution in [1.82, 2.24) is 5.32 Å². The average Bonchev–Trinajstić information content (AvgIpc) is 3.09. The summed E-state index contributed by atoms with van der Waals surface area (Å²) in [5.74, 6) is -0.151. The molecule has 2 heterocycles.